The average molecular weight is 249 g/mol. The molecule has 0 aliphatic heterocycles. The first-order valence-electron chi connectivity index (χ1n) is 6.43. The van der Waals surface area contributed by atoms with E-state index in [0.29, 0.717) is 0 Å². The summed E-state index contributed by atoms with van der Waals surface area (Å²) in [7, 11) is -3.76. The molecule has 5 N–H and O–H groups in total. The molecule has 0 heterocycles. The lowest BCUT2D eigenvalue weighted by molar-refractivity contribution is 0.226. The third-order valence-corrected chi connectivity index (χ3v) is 3.74. The van der Waals surface area contributed by atoms with Crippen molar-refractivity contribution in [3.63, 3.8) is 0 Å². The predicted molar refractivity (Wildman–Crippen MR) is 67.8 cm³/mol. The Morgan fingerprint density at radius 2 is 1.00 bits per heavy atom. The Hall–Kier alpha value is 0.0569. The van der Waals surface area contributed by atoms with Crippen molar-refractivity contribution in [3.8, 4) is 0 Å². The van der Waals surface area contributed by atoms with Crippen LogP contribution in [-0.4, -0.2) is 29.7 Å². The van der Waals surface area contributed by atoms with E-state index in [2.05, 4.69) is 0 Å². The lowest BCUT2D eigenvalue weighted by Crippen LogP contribution is -2.33. The molecule has 0 atom stereocenters. The summed E-state index contributed by atoms with van der Waals surface area (Å²) in [6.07, 6.45) is 10.2. The number of nitrogens with two attached hydrogens (primary N) is 1. The van der Waals surface area contributed by atoms with E-state index in [1.54, 1.807) is 0 Å². The van der Waals surface area contributed by atoms with E-state index in [4.69, 9.17) is 20.1 Å². The van der Waals surface area contributed by atoms with Gasteiger partial charge in [-0.05, 0) is 19.4 Å². The Balaban J connectivity index is 2.99. The molecule has 0 radical (unpaired) electrons. The maximum Gasteiger partial charge on any atom is 0.492 e. The predicted octanol–water partition coefficient (Wildman–Crippen LogP) is 1.37. The van der Waals surface area contributed by atoms with Gasteiger partial charge in [0.15, 0.2) is 0 Å². The summed E-state index contributed by atoms with van der Waals surface area (Å²) in [5, 5.41) is 0. The summed E-state index contributed by atoms with van der Waals surface area (Å²) in [6.45, 7) is 0.801. The van der Waals surface area contributed by atoms with Crippen LogP contribution in [0.3, 0.4) is 0 Å². The Bertz CT molecular complexity index is 151. The highest BCUT2D eigenvalue weighted by molar-refractivity contribution is 6.56. The van der Waals surface area contributed by atoms with Crippen LogP contribution in [0.25, 0.3) is 0 Å². The minimum atomic E-state index is -3.76. The Labute approximate surface area is 99.9 Å². The van der Waals surface area contributed by atoms with Gasteiger partial charge in [-0.2, -0.15) is 0 Å². The number of unbranched alkanes of at least 4 members (excludes halogenated alkanes) is 8. The highest BCUT2D eigenvalue weighted by Crippen LogP contribution is 2.12. The minimum absolute atomic E-state index is 0.184. The van der Waals surface area contributed by atoms with Crippen LogP contribution in [0.2, 0.25) is 6.04 Å². The molecule has 0 aromatic heterocycles. The highest BCUT2D eigenvalue weighted by atomic mass is 28.4. The van der Waals surface area contributed by atoms with Crippen molar-refractivity contribution in [1.82, 2.24) is 0 Å². The largest absolute Gasteiger partial charge is 0.492 e. The zero-order valence-corrected chi connectivity index (χ0v) is 11.2. The van der Waals surface area contributed by atoms with E-state index >= 15 is 0 Å². The molecule has 0 amide bonds. The van der Waals surface area contributed by atoms with E-state index in [-0.39, 0.29) is 6.04 Å². The summed E-state index contributed by atoms with van der Waals surface area (Å²) in [6, 6.07) is 0.184. The minimum Gasteiger partial charge on any atom is -0.390 e. The van der Waals surface area contributed by atoms with Crippen LogP contribution in [0.15, 0.2) is 0 Å². The van der Waals surface area contributed by atoms with Crippen LogP contribution in [-0.2, 0) is 0 Å². The molecule has 0 saturated heterocycles. The molecule has 98 valence electrons. The van der Waals surface area contributed by atoms with Crippen LogP contribution >= 0.6 is 0 Å². The van der Waals surface area contributed by atoms with Crippen molar-refractivity contribution in [2.24, 2.45) is 5.73 Å². The second-order valence-electron chi connectivity index (χ2n) is 4.49. The molecule has 16 heavy (non-hydrogen) atoms. The fraction of sp³-hybridized carbons (Fsp3) is 1.00. The van der Waals surface area contributed by atoms with Gasteiger partial charge in [0.2, 0.25) is 0 Å². The van der Waals surface area contributed by atoms with Gasteiger partial charge in [-0.25, -0.2) is 0 Å². The van der Waals surface area contributed by atoms with Crippen LogP contribution in [0.1, 0.15) is 57.8 Å². The summed E-state index contributed by atoms with van der Waals surface area (Å²) in [5.74, 6) is 0. The maximum atomic E-state index is 8.78. The van der Waals surface area contributed by atoms with Crippen LogP contribution in [0.4, 0.5) is 0 Å². The van der Waals surface area contributed by atoms with Gasteiger partial charge in [-0.15, -0.1) is 0 Å². The van der Waals surface area contributed by atoms with E-state index in [1.165, 1.54) is 32.1 Å². The van der Waals surface area contributed by atoms with Gasteiger partial charge < -0.3 is 20.1 Å². The third-order valence-electron chi connectivity index (χ3n) is 2.72. The highest BCUT2D eigenvalue weighted by Gasteiger charge is 2.25. The maximum absolute atomic E-state index is 8.78. The molecule has 0 aliphatic carbocycles. The van der Waals surface area contributed by atoms with Crippen molar-refractivity contribution in [1.29, 1.82) is 0 Å². The van der Waals surface area contributed by atoms with E-state index < -0.39 is 8.80 Å². The van der Waals surface area contributed by atoms with Crippen molar-refractivity contribution in [2.75, 3.05) is 6.54 Å². The molecule has 4 nitrogen and oxygen atoms in total. The van der Waals surface area contributed by atoms with E-state index in [9.17, 15) is 0 Å². The van der Waals surface area contributed by atoms with Gasteiger partial charge in [-0.1, -0.05) is 44.9 Å². The third kappa shape index (κ3) is 14.1. The fourth-order valence-electron chi connectivity index (χ4n) is 1.74. The van der Waals surface area contributed by atoms with Gasteiger partial charge in [-0.3, -0.25) is 0 Å². The molecule has 0 fully saturated rings. The van der Waals surface area contributed by atoms with Gasteiger partial charge >= 0.3 is 8.80 Å². The molecule has 0 aliphatic rings. The quantitative estimate of drug-likeness (QED) is 0.329. The molecule has 0 bridgehead atoms. The number of hydrogen-bond acceptors (Lipinski definition) is 4. The molecule has 0 spiro atoms. The van der Waals surface area contributed by atoms with Gasteiger partial charge in [0.1, 0.15) is 0 Å². The monoisotopic (exact) mass is 249 g/mol. The zero-order valence-electron chi connectivity index (χ0n) is 10.2. The van der Waals surface area contributed by atoms with Crippen molar-refractivity contribution in [3.05, 3.63) is 0 Å². The van der Waals surface area contributed by atoms with Crippen molar-refractivity contribution in [2.45, 2.75) is 63.8 Å². The SMILES string of the molecule is NCCCCCCCCCCC[Si](O)(O)O. The molecular weight excluding hydrogens is 222 g/mol. The first-order chi connectivity index (χ1) is 7.56. The average Bonchev–Trinajstić information content (AvgIpc) is 2.19. The molecule has 0 aromatic rings. The Morgan fingerprint density at radius 1 is 0.625 bits per heavy atom. The second-order valence-corrected chi connectivity index (χ2v) is 6.54. The van der Waals surface area contributed by atoms with Gasteiger partial charge in [0.25, 0.3) is 0 Å². The standard InChI is InChI=1S/C11H27NO3Si/c12-10-8-6-4-2-1-3-5-7-9-11-16(13,14)15/h13-15H,1-12H2. The first kappa shape index (κ1) is 16.1. The molecule has 5 heteroatoms. The van der Waals surface area contributed by atoms with Gasteiger partial charge in [0, 0.05) is 6.04 Å². The van der Waals surface area contributed by atoms with Crippen LogP contribution < -0.4 is 5.73 Å². The normalized spacial score (nSPS) is 12.0. The Kier molecular flexibility index (Phi) is 10.3. The molecular formula is C11H27NO3Si. The molecule has 0 aromatic carbocycles. The molecule has 0 unspecified atom stereocenters. The second kappa shape index (κ2) is 10.2. The van der Waals surface area contributed by atoms with Crippen molar-refractivity contribution >= 4 is 8.80 Å². The lowest BCUT2D eigenvalue weighted by atomic mass is 10.1. The summed E-state index contributed by atoms with van der Waals surface area (Å²) < 4.78 is 0. The lowest BCUT2D eigenvalue weighted by Gasteiger charge is -2.08. The fourth-order valence-corrected chi connectivity index (χ4v) is 2.47. The summed E-state index contributed by atoms with van der Waals surface area (Å²) in [4.78, 5) is 26.3. The van der Waals surface area contributed by atoms with Gasteiger partial charge in [0.05, 0.1) is 0 Å². The zero-order chi connectivity index (χ0) is 12.3. The first-order valence-corrected chi connectivity index (χ1v) is 8.48. The summed E-state index contributed by atoms with van der Waals surface area (Å²) >= 11 is 0. The summed E-state index contributed by atoms with van der Waals surface area (Å²) in [5.41, 5.74) is 5.40. The molecule has 0 rings (SSSR count). The Morgan fingerprint density at radius 3 is 1.38 bits per heavy atom. The number of rotatable bonds is 11. The topological polar surface area (TPSA) is 86.7 Å². The van der Waals surface area contributed by atoms with Crippen LogP contribution in [0.5, 0.6) is 0 Å². The smallest absolute Gasteiger partial charge is 0.390 e. The van der Waals surface area contributed by atoms with Crippen molar-refractivity contribution < 1.29 is 14.4 Å². The van der Waals surface area contributed by atoms with Crippen LogP contribution in [0, 0.1) is 0 Å². The molecule has 0 saturated carbocycles. The van der Waals surface area contributed by atoms with E-state index in [1.807, 2.05) is 0 Å². The van der Waals surface area contributed by atoms with E-state index in [0.717, 1.165) is 32.2 Å². The number of hydrogen-bond donors (Lipinski definition) is 4.